The molecule has 0 bridgehead atoms. The number of Topliss-reactive ketones (excluding diaryl/α,β-unsaturated/α-hetero) is 1. The summed E-state index contributed by atoms with van der Waals surface area (Å²) in [6.07, 6.45) is 0. The minimum absolute atomic E-state index is 0.0969. The van der Waals surface area contributed by atoms with E-state index in [1.165, 1.54) is 19.0 Å². The maximum Gasteiger partial charge on any atom is 0.260 e. The van der Waals surface area contributed by atoms with Gasteiger partial charge in [0.05, 0.1) is 18.5 Å². The number of hydrazone groups is 1. The third-order valence-electron chi connectivity index (χ3n) is 4.76. The molecule has 2 heterocycles. The van der Waals surface area contributed by atoms with E-state index in [0.717, 1.165) is 4.90 Å². The summed E-state index contributed by atoms with van der Waals surface area (Å²) in [6, 6.07) is 15.0. The Morgan fingerprint density at radius 3 is 2.33 bits per heavy atom. The molecule has 1 saturated heterocycles. The molecule has 2 aromatic rings. The number of imide groups is 1. The number of methoxy groups -OCH3 is 1. The number of benzene rings is 2. The Balaban J connectivity index is 1.82. The van der Waals surface area contributed by atoms with E-state index in [4.69, 9.17) is 4.74 Å². The van der Waals surface area contributed by atoms with E-state index in [-0.39, 0.29) is 11.5 Å². The standard InChI is InChI=1S/C20H17N3O4/c1-12(24)17-16-18(23(21-17)13-8-4-3-5-9-13)20(26)22(19(16)25)14-10-6-7-11-15(14)27-2/h3-11,16,18H,1-2H3/t16-,18+/m0/s1. The average molecular weight is 363 g/mol. The molecule has 136 valence electrons. The van der Waals surface area contributed by atoms with E-state index in [1.807, 2.05) is 18.2 Å². The van der Waals surface area contributed by atoms with Crippen molar-refractivity contribution in [3.8, 4) is 5.75 Å². The number of anilines is 2. The summed E-state index contributed by atoms with van der Waals surface area (Å²) in [5.74, 6) is -1.75. The van der Waals surface area contributed by atoms with E-state index in [2.05, 4.69) is 5.10 Å². The van der Waals surface area contributed by atoms with Crippen LogP contribution in [-0.4, -0.2) is 36.5 Å². The van der Waals surface area contributed by atoms with Gasteiger partial charge < -0.3 is 4.74 Å². The third kappa shape index (κ3) is 2.51. The smallest absolute Gasteiger partial charge is 0.260 e. The monoisotopic (exact) mass is 363 g/mol. The number of para-hydroxylation sites is 3. The summed E-state index contributed by atoms with van der Waals surface area (Å²) >= 11 is 0. The predicted octanol–water partition coefficient (Wildman–Crippen LogP) is 2.02. The highest BCUT2D eigenvalue weighted by atomic mass is 16.5. The van der Waals surface area contributed by atoms with E-state index in [9.17, 15) is 14.4 Å². The van der Waals surface area contributed by atoms with E-state index in [1.54, 1.807) is 36.4 Å². The highest BCUT2D eigenvalue weighted by Crippen LogP contribution is 2.40. The molecule has 0 unspecified atom stereocenters. The SMILES string of the molecule is COc1ccccc1N1C(=O)[C@H]2C(C(C)=O)=NN(c3ccccc3)[C@H]2C1=O. The molecular formula is C20H17N3O4. The molecular weight excluding hydrogens is 346 g/mol. The van der Waals surface area contributed by atoms with Crippen LogP contribution in [0.1, 0.15) is 6.92 Å². The van der Waals surface area contributed by atoms with Crippen LogP contribution < -0.4 is 14.6 Å². The lowest BCUT2D eigenvalue weighted by Crippen LogP contribution is -2.39. The first-order chi connectivity index (χ1) is 13.0. The van der Waals surface area contributed by atoms with Gasteiger partial charge in [0.15, 0.2) is 5.78 Å². The number of carbonyl (C=O) groups is 3. The molecule has 2 atom stereocenters. The number of carbonyl (C=O) groups excluding carboxylic acids is 3. The highest BCUT2D eigenvalue weighted by Gasteiger charge is 2.58. The molecule has 2 aromatic carbocycles. The molecule has 0 radical (unpaired) electrons. The van der Waals surface area contributed by atoms with Crippen molar-refractivity contribution in [2.45, 2.75) is 13.0 Å². The predicted molar refractivity (Wildman–Crippen MR) is 99.8 cm³/mol. The van der Waals surface area contributed by atoms with Crippen LogP contribution in [0.15, 0.2) is 59.7 Å². The Hall–Kier alpha value is -3.48. The fourth-order valence-electron chi connectivity index (χ4n) is 3.55. The Labute approximate surface area is 155 Å². The second kappa shape index (κ2) is 6.35. The molecule has 0 saturated carbocycles. The minimum atomic E-state index is -0.930. The average Bonchev–Trinajstić information content (AvgIpc) is 3.20. The van der Waals surface area contributed by atoms with Gasteiger partial charge in [-0.1, -0.05) is 30.3 Å². The molecule has 2 aliphatic heterocycles. The Morgan fingerprint density at radius 1 is 1.00 bits per heavy atom. The number of hydrogen-bond acceptors (Lipinski definition) is 6. The maximum absolute atomic E-state index is 13.2. The molecule has 7 heteroatoms. The van der Waals surface area contributed by atoms with Crippen molar-refractivity contribution in [1.29, 1.82) is 0 Å². The van der Waals surface area contributed by atoms with Gasteiger partial charge in [0.2, 0.25) is 5.91 Å². The first-order valence-corrected chi connectivity index (χ1v) is 8.49. The van der Waals surface area contributed by atoms with Gasteiger partial charge in [-0.25, -0.2) is 4.90 Å². The topological polar surface area (TPSA) is 79.3 Å². The molecule has 27 heavy (non-hydrogen) atoms. The van der Waals surface area contributed by atoms with Crippen LogP contribution >= 0.6 is 0 Å². The van der Waals surface area contributed by atoms with Crippen molar-refractivity contribution in [2.24, 2.45) is 11.0 Å². The van der Waals surface area contributed by atoms with Crippen LogP contribution in [-0.2, 0) is 14.4 Å². The molecule has 2 aliphatic rings. The van der Waals surface area contributed by atoms with Crippen LogP contribution in [0.25, 0.3) is 0 Å². The summed E-state index contributed by atoms with van der Waals surface area (Å²) in [5.41, 5.74) is 1.10. The lowest BCUT2D eigenvalue weighted by atomic mass is 9.95. The Bertz CT molecular complexity index is 970. The first kappa shape index (κ1) is 17.0. The molecule has 0 spiro atoms. The number of ether oxygens (including phenoxy) is 1. The van der Waals surface area contributed by atoms with Gasteiger partial charge in [0.1, 0.15) is 23.4 Å². The first-order valence-electron chi connectivity index (χ1n) is 8.49. The van der Waals surface area contributed by atoms with Crippen molar-refractivity contribution in [3.63, 3.8) is 0 Å². The Kier molecular flexibility index (Phi) is 3.99. The fraction of sp³-hybridized carbons (Fsp3) is 0.200. The summed E-state index contributed by atoms with van der Waals surface area (Å²) in [4.78, 5) is 39.6. The molecule has 2 amide bonds. The number of amides is 2. The number of rotatable bonds is 4. The zero-order chi connectivity index (χ0) is 19.1. The van der Waals surface area contributed by atoms with Gasteiger partial charge in [-0.05, 0) is 24.3 Å². The van der Waals surface area contributed by atoms with Crippen LogP contribution in [0.2, 0.25) is 0 Å². The zero-order valence-corrected chi connectivity index (χ0v) is 14.8. The lowest BCUT2D eigenvalue weighted by Gasteiger charge is -2.22. The number of ketones is 1. The number of nitrogens with zero attached hydrogens (tertiary/aromatic N) is 3. The third-order valence-corrected chi connectivity index (χ3v) is 4.76. The van der Waals surface area contributed by atoms with Gasteiger partial charge in [-0.2, -0.15) is 5.10 Å². The number of hydrogen-bond donors (Lipinski definition) is 0. The number of fused-ring (bicyclic) bond motifs is 1. The van der Waals surface area contributed by atoms with Crippen molar-refractivity contribution >= 4 is 34.7 Å². The Morgan fingerprint density at radius 2 is 1.67 bits per heavy atom. The molecule has 0 aromatic heterocycles. The highest BCUT2D eigenvalue weighted by molar-refractivity contribution is 6.49. The second-order valence-electron chi connectivity index (χ2n) is 6.33. The normalized spacial score (nSPS) is 21.3. The molecule has 1 fully saturated rings. The largest absolute Gasteiger partial charge is 0.495 e. The van der Waals surface area contributed by atoms with E-state index >= 15 is 0 Å². The molecule has 7 nitrogen and oxygen atoms in total. The van der Waals surface area contributed by atoms with E-state index in [0.29, 0.717) is 17.1 Å². The zero-order valence-electron chi connectivity index (χ0n) is 14.8. The molecule has 4 rings (SSSR count). The van der Waals surface area contributed by atoms with Crippen molar-refractivity contribution in [1.82, 2.24) is 0 Å². The van der Waals surface area contributed by atoms with Gasteiger partial charge in [-0.15, -0.1) is 0 Å². The fourth-order valence-corrected chi connectivity index (χ4v) is 3.55. The van der Waals surface area contributed by atoms with Crippen LogP contribution in [0.3, 0.4) is 0 Å². The molecule has 0 aliphatic carbocycles. The van der Waals surface area contributed by atoms with Crippen molar-refractivity contribution in [3.05, 3.63) is 54.6 Å². The molecule has 0 N–H and O–H groups in total. The van der Waals surface area contributed by atoms with E-state index < -0.39 is 23.8 Å². The summed E-state index contributed by atoms with van der Waals surface area (Å²) in [5, 5.41) is 5.78. The van der Waals surface area contributed by atoms with Gasteiger partial charge in [-0.3, -0.25) is 19.4 Å². The quantitative estimate of drug-likeness (QED) is 0.777. The minimum Gasteiger partial charge on any atom is -0.495 e. The summed E-state index contributed by atoms with van der Waals surface area (Å²) < 4.78 is 5.31. The van der Waals surface area contributed by atoms with Gasteiger partial charge >= 0.3 is 0 Å². The summed E-state index contributed by atoms with van der Waals surface area (Å²) in [6.45, 7) is 1.36. The van der Waals surface area contributed by atoms with Crippen LogP contribution in [0, 0.1) is 5.92 Å². The maximum atomic E-state index is 13.2. The van der Waals surface area contributed by atoms with Crippen molar-refractivity contribution < 1.29 is 19.1 Å². The second-order valence-corrected chi connectivity index (χ2v) is 6.33. The van der Waals surface area contributed by atoms with Gasteiger partial charge in [0.25, 0.3) is 5.91 Å². The lowest BCUT2D eigenvalue weighted by molar-refractivity contribution is -0.122. The van der Waals surface area contributed by atoms with Crippen LogP contribution in [0.4, 0.5) is 11.4 Å². The van der Waals surface area contributed by atoms with Crippen molar-refractivity contribution in [2.75, 3.05) is 17.0 Å². The van der Waals surface area contributed by atoms with Crippen LogP contribution in [0.5, 0.6) is 5.75 Å². The van der Waals surface area contributed by atoms with Gasteiger partial charge in [0, 0.05) is 6.92 Å². The summed E-state index contributed by atoms with van der Waals surface area (Å²) in [7, 11) is 1.48.